The second-order valence-electron chi connectivity index (χ2n) is 7.49. The number of nitrogens with zero attached hydrogens (tertiary/aromatic N) is 4. The van der Waals surface area contributed by atoms with E-state index in [9.17, 15) is 4.79 Å². The van der Waals surface area contributed by atoms with Gasteiger partial charge in [0.25, 0.3) is 0 Å². The van der Waals surface area contributed by atoms with Gasteiger partial charge in [-0.3, -0.25) is 9.20 Å². The molecule has 1 aromatic carbocycles. The van der Waals surface area contributed by atoms with Crippen molar-refractivity contribution in [1.29, 1.82) is 0 Å². The molecule has 0 bridgehead atoms. The Hall–Kier alpha value is -2.65. The van der Waals surface area contributed by atoms with Crippen molar-refractivity contribution in [2.45, 2.75) is 31.3 Å². The summed E-state index contributed by atoms with van der Waals surface area (Å²) in [5.41, 5.74) is 2.86. The highest BCUT2D eigenvalue weighted by Gasteiger charge is 2.24. The van der Waals surface area contributed by atoms with Crippen molar-refractivity contribution in [1.82, 2.24) is 19.6 Å². The van der Waals surface area contributed by atoms with Crippen LogP contribution in [0.15, 0.2) is 35.7 Å². The van der Waals surface area contributed by atoms with Gasteiger partial charge in [0.1, 0.15) is 16.9 Å². The van der Waals surface area contributed by atoms with Gasteiger partial charge < -0.3 is 10.1 Å². The summed E-state index contributed by atoms with van der Waals surface area (Å²) in [5, 5.41) is 13.5. The average Bonchev–Trinajstić information content (AvgIpc) is 3.32. The standard InChI is InChI=1S/C21H21N5O2S2/c1-12-7-8-13-16(9-12)30-20-18(13)19-24-25-21(26(19)11-22-20)29-10-17(27)23-14-5-3-4-6-15(14)28-2/h3-6,11-12H,7-10H2,1-2H3,(H,23,27). The minimum Gasteiger partial charge on any atom is -0.495 e. The molecule has 30 heavy (non-hydrogen) atoms. The molecule has 1 aliphatic carbocycles. The zero-order valence-electron chi connectivity index (χ0n) is 16.7. The lowest BCUT2D eigenvalue weighted by molar-refractivity contribution is -0.113. The molecule has 5 rings (SSSR count). The SMILES string of the molecule is COc1ccccc1NC(=O)CSc1nnc2c3c4c(sc3ncn12)CC(C)CC4. The Bertz CT molecular complexity index is 1250. The summed E-state index contributed by atoms with van der Waals surface area (Å²) < 4.78 is 7.18. The van der Waals surface area contributed by atoms with Crippen molar-refractivity contribution < 1.29 is 9.53 Å². The van der Waals surface area contributed by atoms with Crippen molar-refractivity contribution in [3.8, 4) is 5.75 Å². The number of aromatic nitrogens is 4. The van der Waals surface area contributed by atoms with E-state index in [0.29, 0.717) is 22.5 Å². The topological polar surface area (TPSA) is 81.4 Å². The van der Waals surface area contributed by atoms with E-state index < -0.39 is 0 Å². The van der Waals surface area contributed by atoms with Crippen LogP contribution in [0.5, 0.6) is 5.75 Å². The molecule has 4 aromatic rings. The second-order valence-corrected chi connectivity index (χ2v) is 9.52. The summed E-state index contributed by atoms with van der Waals surface area (Å²) in [6.07, 6.45) is 5.14. The lowest BCUT2D eigenvalue weighted by atomic mass is 9.89. The van der Waals surface area contributed by atoms with Gasteiger partial charge in [0.2, 0.25) is 5.91 Å². The van der Waals surface area contributed by atoms with Crippen molar-refractivity contribution in [2.24, 2.45) is 5.92 Å². The fourth-order valence-electron chi connectivity index (χ4n) is 3.88. The number of aryl methyl sites for hydroxylation is 1. The number of nitrogens with one attached hydrogen (secondary N) is 1. The highest BCUT2D eigenvalue weighted by molar-refractivity contribution is 7.99. The van der Waals surface area contributed by atoms with E-state index in [1.165, 1.54) is 28.6 Å². The molecule has 1 N–H and O–H groups in total. The molecule has 154 valence electrons. The van der Waals surface area contributed by atoms with Crippen LogP contribution in [0.1, 0.15) is 23.8 Å². The summed E-state index contributed by atoms with van der Waals surface area (Å²) in [6.45, 7) is 2.30. The fraction of sp³-hybridized carbons (Fsp3) is 0.333. The van der Waals surface area contributed by atoms with Crippen LogP contribution in [0.25, 0.3) is 15.9 Å². The van der Waals surface area contributed by atoms with Crippen molar-refractivity contribution in [3.05, 3.63) is 41.0 Å². The van der Waals surface area contributed by atoms with Crippen molar-refractivity contribution in [2.75, 3.05) is 18.2 Å². The first-order valence-corrected chi connectivity index (χ1v) is 11.6. The molecule has 3 heterocycles. The first kappa shape index (κ1) is 19.3. The van der Waals surface area contributed by atoms with E-state index >= 15 is 0 Å². The van der Waals surface area contributed by atoms with Crippen molar-refractivity contribution >= 4 is 50.6 Å². The quantitative estimate of drug-likeness (QED) is 0.469. The van der Waals surface area contributed by atoms with Gasteiger partial charge >= 0.3 is 0 Å². The van der Waals surface area contributed by atoms with Gasteiger partial charge in [-0.25, -0.2) is 4.98 Å². The third kappa shape index (κ3) is 3.41. The summed E-state index contributed by atoms with van der Waals surface area (Å²) in [7, 11) is 1.58. The number of benzene rings is 1. The highest BCUT2D eigenvalue weighted by atomic mass is 32.2. The average molecular weight is 440 g/mol. The Kier molecular flexibility index (Phi) is 5.08. The molecule has 0 aliphatic heterocycles. The molecule has 1 amide bonds. The first-order chi connectivity index (χ1) is 14.6. The third-order valence-electron chi connectivity index (χ3n) is 5.39. The summed E-state index contributed by atoms with van der Waals surface area (Å²) in [4.78, 5) is 19.6. The largest absolute Gasteiger partial charge is 0.495 e. The lowest BCUT2D eigenvalue weighted by Crippen LogP contribution is -2.15. The van der Waals surface area contributed by atoms with Crippen LogP contribution < -0.4 is 10.1 Å². The van der Waals surface area contributed by atoms with E-state index in [1.807, 2.05) is 28.7 Å². The number of carbonyl (C=O) groups excluding carboxylic acids is 1. The Balaban J connectivity index is 1.38. The zero-order chi connectivity index (χ0) is 20.7. The summed E-state index contributed by atoms with van der Waals surface area (Å²) >= 11 is 3.12. The zero-order valence-corrected chi connectivity index (χ0v) is 18.3. The maximum Gasteiger partial charge on any atom is 0.234 e. The molecule has 0 saturated carbocycles. The minimum absolute atomic E-state index is 0.128. The number of methoxy groups -OCH3 is 1. The van der Waals surface area contributed by atoms with Crippen LogP contribution in [-0.2, 0) is 17.6 Å². The molecule has 1 unspecified atom stereocenters. The number of anilines is 1. The molecule has 9 heteroatoms. The minimum atomic E-state index is -0.128. The third-order valence-corrected chi connectivity index (χ3v) is 7.49. The maximum atomic E-state index is 12.4. The number of thioether (sulfide) groups is 1. The molecule has 0 spiro atoms. The number of para-hydroxylation sites is 2. The Morgan fingerprint density at radius 3 is 3.10 bits per heavy atom. The summed E-state index contributed by atoms with van der Waals surface area (Å²) in [6, 6.07) is 7.35. The number of fused-ring (bicyclic) bond motifs is 5. The van der Waals surface area contributed by atoms with Crippen LogP contribution in [0.2, 0.25) is 0 Å². The molecule has 7 nitrogen and oxygen atoms in total. The normalized spacial score (nSPS) is 16.0. The van der Waals surface area contributed by atoms with E-state index in [-0.39, 0.29) is 11.7 Å². The fourth-order valence-corrected chi connectivity index (χ4v) is 5.93. The number of carbonyl (C=O) groups is 1. The van der Waals surface area contributed by atoms with Gasteiger partial charge in [0.15, 0.2) is 10.8 Å². The second kappa shape index (κ2) is 7.88. The Labute approximate surface area is 181 Å². The summed E-state index contributed by atoms with van der Waals surface area (Å²) in [5.74, 6) is 1.44. The van der Waals surface area contributed by atoms with Gasteiger partial charge in [-0.15, -0.1) is 21.5 Å². The smallest absolute Gasteiger partial charge is 0.234 e. The van der Waals surface area contributed by atoms with E-state index in [4.69, 9.17) is 4.74 Å². The lowest BCUT2D eigenvalue weighted by Gasteiger charge is -2.17. The monoisotopic (exact) mass is 439 g/mol. The predicted molar refractivity (Wildman–Crippen MR) is 120 cm³/mol. The number of ether oxygens (including phenoxy) is 1. The number of thiophene rings is 1. The number of hydrogen-bond donors (Lipinski definition) is 1. The first-order valence-electron chi connectivity index (χ1n) is 9.83. The molecule has 0 radical (unpaired) electrons. The number of amides is 1. The van der Waals surface area contributed by atoms with Gasteiger partial charge in [0.05, 0.1) is 23.9 Å². The molecule has 0 saturated heterocycles. The molecular weight excluding hydrogens is 418 g/mol. The predicted octanol–water partition coefficient (Wildman–Crippen LogP) is 4.20. The van der Waals surface area contributed by atoms with Gasteiger partial charge in [-0.1, -0.05) is 30.8 Å². The van der Waals surface area contributed by atoms with Crippen LogP contribution in [0, 0.1) is 5.92 Å². The Morgan fingerprint density at radius 1 is 1.37 bits per heavy atom. The van der Waals surface area contributed by atoms with Crippen LogP contribution in [0.3, 0.4) is 0 Å². The van der Waals surface area contributed by atoms with Crippen molar-refractivity contribution in [3.63, 3.8) is 0 Å². The molecule has 0 fully saturated rings. The maximum absolute atomic E-state index is 12.4. The van der Waals surface area contributed by atoms with E-state index in [0.717, 1.165) is 28.7 Å². The van der Waals surface area contributed by atoms with Crippen LogP contribution in [0.4, 0.5) is 5.69 Å². The number of rotatable bonds is 5. The van der Waals surface area contributed by atoms with Gasteiger partial charge in [-0.05, 0) is 42.9 Å². The molecular formula is C21H21N5O2S2. The molecule has 1 atom stereocenters. The molecule has 3 aromatic heterocycles. The van der Waals surface area contributed by atoms with E-state index in [1.54, 1.807) is 24.8 Å². The van der Waals surface area contributed by atoms with Gasteiger partial charge in [0, 0.05) is 4.88 Å². The van der Waals surface area contributed by atoms with Crippen LogP contribution in [-0.4, -0.2) is 38.4 Å². The van der Waals surface area contributed by atoms with E-state index in [2.05, 4.69) is 27.4 Å². The molecule has 1 aliphatic rings. The van der Waals surface area contributed by atoms with Gasteiger partial charge in [-0.2, -0.15) is 0 Å². The van der Waals surface area contributed by atoms with Crippen LogP contribution >= 0.6 is 23.1 Å². The highest BCUT2D eigenvalue weighted by Crippen LogP contribution is 2.39. The Morgan fingerprint density at radius 2 is 2.23 bits per heavy atom. The number of hydrogen-bond acceptors (Lipinski definition) is 7.